The quantitative estimate of drug-likeness (QED) is 0.852. The Bertz CT molecular complexity index is 607. The molecule has 1 heterocycles. The molecule has 0 spiro atoms. The van der Waals surface area contributed by atoms with Crippen molar-refractivity contribution >= 4 is 11.9 Å². The molecule has 1 unspecified atom stereocenters. The molecule has 1 N–H and O–H groups in total. The smallest absolute Gasteiger partial charge is 0.326 e. The van der Waals surface area contributed by atoms with Crippen molar-refractivity contribution in [3.63, 3.8) is 0 Å². The number of carbonyl (C=O) groups excluding carboxylic acids is 1. The molecule has 1 aromatic carbocycles. The van der Waals surface area contributed by atoms with Crippen LogP contribution in [0.1, 0.15) is 17.7 Å². The zero-order valence-electron chi connectivity index (χ0n) is 12.4. The van der Waals surface area contributed by atoms with Gasteiger partial charge in [0.2, 0.25) is 5.91 Å². The highest BCUT2D eigenvalue weighted by Gasteiger charge is 2.26. The van der Waals surface area contributed by atoms with Crippen LogP contribution in [-0.2, 0) is 22.4 Å². The Kier molecular flexibility index (Phi) is 5.36. The second kappa shape index (κ2) is 7.45. The van der Waals surface area contributed by atoms with Gasteiger partial charge in [0, 0.05) is 26.3 Å². The van der Waals surface area contributed by atoms with Crippen molar-refractivity contribution in [3.05, 3.63) is 60.1 Å². The Morgan fingerprint density at radius 3 is 2.50 bits per heavy atom. The predicted octanol–water partition coefficient (Wildman–Crippen LogP) is 2.37. The molecule has 0 aliphatic carbocycles. The highest BCUT2D eigenvalue weighted by molar-refractivity contribution is 5.83. The molecule has 1 aromatic heterocycles. The minimum atomic E-state index is -1.00. The van der Waals surface area contributed by atoms with E-state index in [0.29, 0.717) is 12.8 Å². The average molecular weight is 301 g/mol. The number of aryl methyl sites for hydroxylation is 1. The number of hydrogen-bond donors (Lipinski definition) is 1. The molecule has 0 saturated heterocycles. The number of hydrogen-bond acceptors (Lipinski definition) is 3. The maximum Gasteiger partial charge on any atom is 0.326 e. The lowest BCUT2D eigenvalue weighted by atomic mass is 10.0. The maximum absolute atomic E-state index is 12.2. The van der Waals surface area contributed by atoms with Crippen LogP contribution < -0.4 is 0 Å². The van der Waals surface area contributed by atoms with Gasteiger partial charge in [0.15, 0.2) is 0 Å². The number of benzene rings is 1. The molecular weight excluding hydrogens is 282 g/mol. The number of aliphatic carboxylic acids is 1. The molecule has 2 rings (SSSR count). The summed E-state index contributed by atoms with van der Waals surface area (Å²) in [5, 5.41) is 9.39. The van der Waals surface area contributed by atoms with E-state index in [-0.39, 0.29) is 12.3 Å². The predicted molar refractivity (Wildman–Crippen MR) is 81.4 cm³/mol. The van der Waals surface area contributed by atoms with E-state index < -0.39 is 12.0 Å². The van der Waals surface area contributed by atoms with Crippen molar-refractivity contribution in [1.82, 2.24) is 4.90 Å². The second-order valence-corrected chi connectivity index (χ2v) is 5.13. The Labute approximate surface area is 129 Å². The van der Waals surface area contributed by atoms with Crippen LogP contribution in [0, 0.1) is 0 Å². The van der Waals surface area contributed by atoms with E-state index in [2.05, 4.69) is 0 Å². The van der Waals surface area contributed by atoms with Crippen molar-refractivity contribution in [2.24, 2.45) is 0 Å². The van der Waals surface area contributed by atoms with Gasteiger partial charge in [0.25, 0.3) is 0 Å². The average Bonchev–Trinajstić information content (AvgIpc) is 3.03. The number of carboxylic acids is 1. The van der Waals surface area contributed by atoms with Crippen LogP contribution in [0.25, 0.3) is 0 Å². The van der Waals surface area contributed by atoms with Gasteiger partial charge in [-0.15, -0.1) is 0 Å². The van der Waals surface area contributed by atoms with Gasteiger partial charge in [-0.05, 0) is 17.7 Å². The Morgan fingerprint density at radius 1 is 1.18 bits per heavy atom. The van der Waals surface area contributed by atoms with Crippen molar-refractivity contribution < 1.29 is 19.1 Å². The Hall–Kier alpha value is -2.56. The molecule has 5 nitrogen and oxygen atoms in total. The minimum Gasteiger partial charge on any atom is -0.480 e. The van der Waals surface area contributed by atoms with Crippen LogP contribution in [0.2, 0.25) is 0 Å². The summed E-state index contributed by atoms with van der Waals surface area (Å²) in [4.78, 5) is 25.0. The highest BCUT2D eigenvalue weighted by Crippen LogP contribution is 2.11. The Balaban J connectivity index is 1.97. The first kappa shape index (κ1) is 15.8. The summed E-state index contributed by atoms with van der Waals surface area (Å²) in [6.07, 6.45) is 2.54. The number of furan rings is 1. The third kappa shape index (κ3) is 4.22. The monoisotopic (exact) mass is 301 g/mol. The molecule has 2 aromatic rings. The number of carbonyl (C=O) groups is 2. The van der Waals surface area contributed by atoms with Crippen LogP contribution in [-0.4, -0.2) is 35.0 Å². The summed E-state index contributed by atoms with van der Waals surface area (Å²) < 4.78 is 5.18. The molecule has 0 saturated carbocycles. The lowest BCUT2D eigenvalue weighted by Gasteiger charge is -2.25. The lowest BCUT2D eigenvalue weighted by molar-refractivity contribution is -0.149. The van der Waals surface area contributed by atoms with Gasteiger partial charge in [-0.25, -0.2) is 4.79 Å². The third-order valence-corrected chi connectivity index (χ3v) is 3.58. The van der Waals surface area contributed by atoms with Gasteiger partial charge < -0.3 is 14.4 Å². The molecule has 0 radical (unpaired) electrons. The summed E-state index contributed by atoms with van der Waals surface area (Å²) in [5.41, 5.74) is 0.889. The fourth-order valence-electron chi connectivity index (χ4n) is 2.26. The normalized spacial score (nSPS) is 11.9. The summed E-state index contributed by atoms with van der Waals surface area (Å²) in [5.74, 6) is -0.492. The zero-order valence-corrected chi connectivity index (χ0v) is 12.4. The molecule has 116 valence electrons. The largest absolute Gasteiger partial charge is 0.480 e. The number of nitrogens with zero attached hydrogens (tertiary/aromatic N) is 1. The Morgan fingerprint density at radius 2 is 1.91 bits per heavy atom. The summed E-state index contributed by atoms with van der Waals surface area (Å²) in [6, 6.07) is 12.0. The van der Waals surface area contributed by atoms with E-state index in [1.54, 1.807) is 18.4 Å². The molecular formula is C17H19NO4. The van der Waals surface area contributed by atoms with E-state index in [1.165, 1.54) is 11.9 Å². The van der Waals surface area contributed by atoms with Crippen molar-refractivity contribution in [3.8, 4) is 0 Å². The van der Waals surface area contributed by atoms with E-state index >= 15 is 0 Å². The molecule has 22 heavy (non-hydrogen) atoms. The first-order valence-electron chi connectivity index (χ1n) is 7.12. The molecule has 1 amide bonds. The van der Waals surface area contributed by atoms with Crippen molar-refractivity contribution in [2.45, 2.75) is 25.3 Å². The SMILES string of the molecule is CN(C(=O)CCc1ccco1)C(Cc1ccccc1)C(=O)O. The van der Waals surface area contributed by atoms with Gasteiger partial charge in [0.05, 0.1) is 6.26 Å². The summed E-state index contributed by atoms with van der Waals surface area (Å²) in [6.45, 7) is 0. The fraction of sp³-hybridized carbons (Fsp3) is 0.294. The highest BCUT2D eigenvalue weighted by atomic mass is 16.4. The maximum atomic E-state index is 12.2. The van der Waals surface area contributed by atoms with Gasteiger partial charge in [-0.1, -0.05) is 30.3 Å². The number of amides is 1. The summed E-state index contributed by atoms with van der Waals surface area (Å²) in [7, 11) is 1.53. The van der Waals surface area contributed by atoms with Crippen LogP contribution in [0.15, 0.2) is 53.1 Å². The first-order valence-corrected chi connectivity index (χ1v) is 7.12. The standard InChI is InChI=1S/C17H19NO4/c1-18(16(19)10-9-14-8-5-11-22-14)15(17(20)21)12-13-6-3-2-4-7-13/h2-8,11,15H,9-10,12H2,1H3,(H,20,21). The second-order valence-electron chi connectivity index (χ2n) is 5.13. The van der Waals surface area contributed by atoms with Gasteiger partial charge in [0.1, 0.15) is 11.8 Å². The van der Waals surface area contributed by atoms with Gasteiger partial charge in [-0.2, -0.15) is 0 Å². The number of likely N-dealkylation sites (N-methyl/N-ethyl adjacent to an activating group) is 1. The van der Waals surface area contributed by atoms with Gasteiger partial charge in [-0.3, -0.25) is 4.79 Å². The molecule has 1 atom stereocenters. The van der Waals surface area contributed by atoms with Crippen molar-refractivity contribution in [1.29, 1.82) is 0 Å². The van der Waals surface area contributed by atoms with Crippen molar-refractivity contribution in [2.75, 3.05) is 7.05 Å². The van der Waals surface area contributed by atoms with Crippen LogP contribution >= 0.6 is 0 Å². The van der Waals surface area contributed by atoms with E-state index in [9.17, 15) is 14.7 Å². The minimum absolute atomic E-state index is 0.209. The third-order valence-electron chi connectivity index (χ3n) is 3.58. The zero-order chi connectivity index (χ0) is 15.9. The molecule has 0 fully saturated rings. The van der Waals surface area contributed by atoms with Crippen LogP contribution in [0.4, 0.5) is 0 Å². The van der Waals surface area contributed by atoms with Crippen LogP contribution in [0.3, 0.4) is 0 Å². The molecule has 0 aliphatic rings. The van der Waals surface area contributed by atoms with E-state index in [4.69, 9.17) is 4.42 Å². The molecule has 5 heteroatoms. The lowest BCUT2D eigenvalue weighted by Crippen LogP contribution is -2.43. The fourth-order valence-corrected chi connectivity index (χ4v) is 2.26. The van der Waals surface area contributed by atoms with E-state index in [0.717, 1.165) is 11.3 Å². The molecule has 0 aliphatic heterocycles. The first-order chi connectivity index (χ1) is 10.6. The number of carboxylic acid groups (broad SMARTS) is 1. The van der Waals surface area contributed by atoms with Crippen LogP contribution in [0.5, 0.6) is 0 Å². The van der Waals surface area contributed by atoms with E-state index in [1.807, 2.05) is 30.3 Å². The van der Waals surface area contributed by atoms with Gasteiger partial charge >= 0.3 is 5.97 Å². The molecule has 0 bridgehead atoms. The summed E-state index contributed by atoms with van der Waals surface area (Å²) >= 11 is 0. The topological polar surface area (TPSA) is 70.8 Å². The number of rotatable bonds is 7.